The van der Waals surface area contributed by atoms with Gasteiger partial charge in [-0.2, -0.15) is 0 Å². The lowest BCUT2D eigenvalue weighted by Crippen LogP contribution is -2.26. The van der Waals surface area contributed by atoms with E-state index in [0.29, 0.717) is 0 Å². The standard InChI is InChI=1S/C15H18N2O6S/c1-4-22-15(19)12-7-8-23-13(12)10-17-9-11(5-6-14(17)18)24(20,21)16(2)3/h5-9H,4,10H2,1-3H3. The topological polar surface area (TPSA) is 98.8 Å². The largest absolute Gasteiger partial charge is 0.467 e. The number of ether oxygens (including phenoxy) is 1. The van der Waals surface area contributed by atoms with E-state index < -0.39 is 21.6 Å². The molecule has 0 fully saturated rings. The van der Waals surface area contributed by atoms with Crippen LogP contribution in [0, 0.1) is 0 Å². The Bertz CT molecular complexity index is 895. The van der Waals surface area contributed by atoms with Crippen LogP contribution in [-0.4, -0.2) is 44.0 Å². The molecule has 0 aliphatic rings. The summed E-state index contributed by atoms with van der Waals surface area (Å²) in [5.74, 6) is -0.346. The smallest absolute Gasteiger partial charge is 0.341 e. The lowest BCUT2D eigenvalue weighted by Gasteiger charge is -2.13. The van der Waals surface area contributed by atoms with Crippen molar-refractivity contribution in [2.24, 2.45) is 0 Å². The fourth-order valence-electron chi connectivity index (χ4n) is 2.00. The Kier molecular flexibility index (Phi) is 5.25. The maximum Gasteiger partial charge on any atom is 0.341 e. The monoisotopic (exact) mass is 354 g/mol. The van der Waals surface area contributed by atoms with E-state index in [4.69, 9.17) is 9.15 Å². The van der Waals surface area contributed by atoms with Crippen LogP contribution in [0.25, 0.3) is 0 Å². The van der Waals surface area contributed by atoms with Crippen molar-refractivity contribution in [3.63, 3.8) is 0 Å². The molecule has 130 valence electrons. The summed E-state index contributed by atoms with van der Waals surface area (Å²) < 4.78 is 36.7. The van der Waals surface area contributed by atoms with Crippen molar-refractivity contribution in [3.8, 4) is 0 Å². The number of carbonyl (C=O) groups excluding carboxylic acids is 1. The first-order valence-corrected chi connectivity index (χ1v) is 8.58. The molecule has 9 heteroatoms. The molecule has 0 aliphatic heterocycles. The number of hydrogen-bond acceptors (Lipinski definition) is 6. The molecule has 0 aromatic carbocycles. The van der Waals surface area contributed by atoms with E-state index >= 15 is 0 Å². The Morgan fingerprint density at radius 2 is 2.00 bits per heavy atom. The van der Waals surface area contributed by atoms with Crippen LogP contribution in [0.15, 0.2) is 44.8 Å². The van der Waals surface area contributed by atoms with Gasteiger partial charge in [-0.3, -0.25) is 4.79 Å². The van der Waals surface area contributed by atoms with E-state index in [1.54, 1.807) is 6.92 Å². The van der Waals surface area contributed by atoms with Crippen LogP contribution >= 0.6 is 0 Å². The second-order valence-corrected chi connectivity index (χ2v) is 7.25. The number of carbonyl (C=O) groups is 1. The maximum absolute atomic E-state index is 12.2. The number of sulfonamides is 1. The Hall–Kier alpha value is -2.39. The fraction of sp³-hybridized carbons (Fsp3) is 0.333. The van der Waals surface area contributed by atoms with Gasteiger partial charge in [-0.15, -0.1) is 0 Å². The van der Waals surface area contributed by atoms with Crippen LogP contribution in [0.1, 0.15) is 23.0 Å². The molecule has 2 aromatic heterocycles. The quantitative estimate of drug-likeness (QED) is 0.715. The summed E-state index contributed by atoms with van der Waals surface area (Å²) in [4.78, 5) is 23.8. The van der Waals surface area contributed by atoms with Gasteiger partial charge in [0.15, 0.2) is 0 Å². The molecule has 2 rings (SSSR count). The number of nitrogens with zero attached hydrogens (tertiary/aromatic N) is 2. The van der Waals surface area contributed by atoms with Crippen molar-refractivity contribution < 1.29 is 22.4 Å². The zero-order valence-corrected chi connectivity index (χ0v) is 14.4. The van der Waals surface area contributed by atoms with Crippen molar-refractivity contribution in [2.45, 2.75) is 18.4 Å². The Balaban J connectivity index is 2.40. The highest BCUT2D eigenvalue weighted by atomic mass is 32.2. The number of hydrogen-bond donors (Lipinski definition) is 0. The summed E-state index contributed by atoms with van der Waals surface area (Å²) in [6, 6.07) is 3.84. The van der Waals surface area contributed by atoms with Crippen LogP contribution in [0.5, 0.6) is 0 Å². The molecule has 0 atom stereocenters. The predicted octanol–water partition coefficient (Wildman–Crippen LogP) is 0.917. The normalized spacial score (nSPS) is 11.7. The predicted molar refractivity (Wildman–Crippen MR) is 85.3 cm³/mol. The first kappa shape index (κ1) is 18.0. The SMILES string of the molecule is CCOC(=O)c1ccoc1Cn1cc(S(=O)(=O)N(C)C)ccc1=O. The molecule has 0 aliphatic carbocycles. The van der Waals surface area contributed by atoms with E-state index in [2.05, 4.69) is 0 Å². The van der Waals surface area contributed by atoms with E-state index in [-0.39, 0.29) is 29.4 Å². The number of esters is 1. The molecule has 8 nitrogen and oxygen atoms in total. The second-order valence-electron chi connectivity index (χ2n) is 5.10. The summed E-state index contributed by atoms with van der Waals surface area (Å²) in [7, 11) is -0.881. The molecule has 0 bridgehead atoms. The molecule has 0 saturated carbocycles. The highest BCUT2D eigenvalue weighted by molar-refractivity contribution is 7.89. The zero-order chi connectivity index (χ0) is 17.9. The van der Waals surface area contributed by atoms with Gasteiger partial charge in [-0.25, -0.2) is 17.5 Å². The summed E-state index contributed by atoms with van der Waals surface area (Å²) in [5, 5.41) is 0. The third-order valence-electron chi connectivity index (χ3n) is 3.29. The van der Waals surface area contributed by atoms with Gasteiger partial charge < -0.3 is 13.7 Å². The minimum Gasteiger partial charge on any atom is -0.467 e. The lowest BCUT2D eigenvalue weighted by molar-refractivity contribution is 0.0523. The molecule has 0 N–H and O–H groups in total. The molecule has 0 radical (unpaired) electrons. The Morgan fingerprint density at radius 3 is 2.62 bits per heavy atom. The highest BCUT2D eigenvalue weighted by Crippen LogP contribution is 2.15. The minimum atomic E-state index is -3.68. The average molecular weight is 354 g/mol. The minimum absolute atomic E-state index is 0.0312. The number of pyridine rings is 1. The number of rotatable bonds is 6. The van der Waals surface area contributed by atoms with Gasteiger partial charge in [-0.1, -0.05) is 0 Å². The average Bonchev–Trinajstić information content (AvgIpc) is 2.97. The summed E-state index contributed by atoms with van der Waals surface area (Å²) in [5.41, 5.74) is -0.219. The maximum atomic E-state index is 12.2. The second kappa shape index (κ2) is 7.02. The van der Waals surface area contributed by atoms with Crippen LogP contribution in [0.4, 0.5) is 0 Å². The van der Waals surface area contributed by atoms with Gasteiger partial charge in [0.1, 0.15) is 11.3 Å². The Morgan fingerprint density at radius 1 is 1.29 bits per heavy atom. The first-order valence-electron chi connectivity index (χ1n) is 7.14. The van der Waals surface area contributed by atoms with Gasteiger partial charge in [0.05, 0.1) is 24.3 Å². The Labute approximate surface area is 139 Å². The van der Waals surface area contributed by atoms with E-state index in [1.807, 2.05) is 0 Å². The summed E-state index contributed by atoms with van der Waals surface area (Å²) in [6.45, 7) is 1.80. The molecule has 0 amide bonds. The zero-order valence-electron chi connectivity index (χ0n) is 13.6. The molecule has 2 aromatic rings. The lowest BCUT2D eigenvalue weighted by atomic mass is 10.2. The molecular weight excluding hydrogens is 336 g/mol. The van der Waals surface area contributed by atoms with E-state index in [9.17, 15) is 18.0 Å². The molecule has 0 spiro atoms. The molecule has 24 heavy (non-hydrogen) atoms. The van der Waals surface area contributed by atoms with Gasteiger partial charge in [0.2, 0.25) is 10.0 Å². The number of aromatic nitrogens is 1. The molecule has 0 unspecified atom stereocenters. The van der Waals surface area contributed by atoms with Crippen LogP contribution in [0.2, 0.25) is 0 Å². The number of furan rings is 1. The third-order valence-corrected chi connectivity index (χ3v) is 5.09. The highest BCUT2D eigenvalue weighted by Gasteiger charge is 2.20. The van der Waals surface area contributed by atoms with Gasteiger partial charge in [-0.05, 0) is 19.1 Å². The van der Waals surface area contributed by atoms with Crippen molar-refractivity contribution in [3.05, 3.63) is 52.3 Å². The molecule has 0 saturated heterocycles. The van der Waals surface area contributed by atoms with Gasteiger partial charge in [0, 0.05) is 26.4 Å². The summed E-state index contributed by atoms with van der Waals surface area (Å²) in [6.07, 6.45) is 2.53. The van der Waals surface area contributed by atoms with Crippen molar-refractivity contribution in [1.29, 1.82) is 0 Å². The van der Waals surface area contributed by atoms with Crippen LogP contribution < -0.4 is 5.56 Å². The van der Waals surface area contributed by atoms with Gasteiger partial charge in [0.25, 0.3) is 5.56 Å². The summed E-state index contributed by atoms with van der Waals surface area (Å²) >= 11 is 0. The van der Waals surface area contributed by atoms with Crippen molar-refractivity contribution in [1.82, 2.24) is 8.87 Å². The first-order chi connectivity index (χ1) is 11.3. The molecular formula is C15H18N2O6S. The van der Waals surface area contributed by atoms with Crippen LogP contribution in [0.3, 0.4) is 0 Å². The third kappa shape index (κ3) is 3.57. The fourth-order valence-corrected chi connectivity index (χ4v) is 2.93. The van der Waals surface area contributed by atoms with E-state index in [0.717, 1.165) is 14.9 Å². The van der Waals surface area contributed by atoms with Gasteiger partial charge >= 0.3 is 5.97 Å². The molecule has 2 heterocycles. The van der Waals surface area contributed by atoms with Crippen LogP contribution in [-0.2, 0) is 21.3 Å². The van der Waals surface area contributed by atoms with Crippen molar-refractivity contribution in [2.75, 3.05) is 20.7 Å². The van der Waals surface area contributed by atoms with E-state index in [1.165, 1.54) is 38.7 Å². The van der Waals surface area contributed by atoms with Crippen molar-refractivity contribution >= 4 is 16.0 Å².